The molecule has 5 rings (SSSR count). The summed E-state index contributed by atoms with van der Waals surface area (Å²) in [6, 6.07) is 27.5. The van der Waals surface area contributed by atoms with Crippen LogP contribution in [0.25, 0.3) is 0 Å². The molecule has 2 fully saturated rings. The van der Waals surface area contributed by atoms with Gasteiger partial charge in [-0.05, 0) is 36.1 Å². The number of hydrogen-bond donors (Lipinski definition) is 0. The number of rotatable bonds is 8. The van der Waals surface area contributed by atoms with Crippen molar-refractivity contribution in [2.24, 2.45) is 10.8 Å². The number of carbonyl (C=O) groups is 2. The number of hydrogen-bond acceptors (Lipinski definition) is 10. The van der Waals surface area contributed by atoms with Gasteiger partial charge in [-0.2, -0.15) is 10.5 Å². The van der Waals surface area contributed by atoms with Gasteiger partial charge in [-0.3, -0.25) is 9.59 Å². The van der Waals surface area contributed by atoms with Crippen molar-refractivity contribution in [3.63, 3.8) is 0 Å². The zero-order valence-corrected chi connectivity index (χ0v) is 28.2. The summed E-state index contributed by atoms with van der Waals surface area (Å²) in [6.07, 6.45) is 0. The Kier molecular flexibility index (Phi) is 9.82. The van der Waals surface area contributed by atoms with E-state index in [0.29, 0.717) is 11.1 Å². The molecular formula is C36H36N2O8S2. The number of nitriles is 2. The fraction of sp³-hybridized carbons (Fsp3) is 0.389. The maximum absolute atomic E-state index is 13.9. The van der Waals surface area contributed by atoms with E-state index in [9.17, 15) is 36.9 Å². The lowest BCUT2D eigenvalue weighted by atomic mass is 9.62. The molecule has 2 heterocycles. The number of sulfone groups is 2. The normalized spacial score (nSPS) is 29.0. The van der Waals surface area contributed by atoms with Crippen molar-refractivity contribution < 1.29 is 35.9 Å². The molecule has 3 aromatic carbocycles. The predicted octanol–water partition coefficient (Wildman–Crippen LogP) is 4.42. The van der Waals surface area contributed by atoms with Gasteiger partial charge < -0.3 is 9.47 Å². The molecule has 0 radical (unpaired) electrons. The molecule has 3 aromatic rings. The molecule has 250 valence electrons. The Bertz CT molecular complexity index is 1850. The van der Waals surface area contributed by atoms with E-state index in [0.717, 1.165) is 0 Å². The van der Waals surface area contributed by atoms with Gasteiger partial charge in [0.15, 0.2) is 30.5 Å². The van der Waals surface area contributed by atoms with Crippen LogP contribution in [0.4, 0.5) is 0 Å². The minimum absolute atomic E-state index is 0.0473. The second-order valence-corrected chi connectivity index (χ2v) is 16.6. The fourth-order valence-electron chi connectivity index (χ4n) is 7.44. The second-order valence-electron chi connectivity index (χ2n) is 12.3. The Labute approximate surface area is 281 Å². The Hall–Kier alpha value is -4.52. The Morgan fingerprint density at radius 1 is 0.604 bits per heavy atom. The number of carbonyl (C=O) groups excluding carboxylic acids is 2. The minimum Gasteiger partial charge on any atom is -0.465 e. The molecule has 0 N–H and O–H groups in total. The van der Waals surface area contributed by atoms with Crippen LogP contribution in [0.3, 0.4) is 0 Å². The molecule has 0 aromatic heterocycles. The van der Waals surface area contributed by atoms with Crippen molar-refractivity contribution in [1.82, 2.24) is 0 Å². The average molecular weight is 689 g/mol. The number of benzene rings is 3. The molecule has 6 unspecified atom stereocenters. The minimum atomic E-state index is -3.84. The van der Waals surface area contributed by atoms with Crippen molar-refractivity contribution in [3.8, 4) is 12.1 Å². The van der Waals surface area contributed by atoms with Gasteiger partial charge in [0.2, 0.25) is 0 Å². The summed E-state index contributed by atoms with van der Waals surface area (Å²) in [7, 11) is -7.68. The molecule has 0 aliphatic carbocycles. The molecule has 0 amide bonds. The molecule has 12 heteroatoms. The average Bonchev–Trinajstić information content (AvgIpc) is 3.08. The summed E-state index contributed by atoms with van der Waals surface area (Å²) in [5.74, 6) is -8.37. The first kappa shape index (κ1) is 34.8. The molecule has 48 heavy (non-hydrogen) atoms. The lowest BCUT2D eigenvalue weighted by Gasteiger charge is -2.44. The largest absolute Gasteiger partial charge is 0.465 e. The summed E-state index contributed by atoms with van der Waals surface area (Å²) in [4.78, 5) is 27.8. The third kappa shape index (κ3) is 6.11. The van der Waals surface area contributed by atoms with Crippen LogP contribution in [-0.4, -0.2) is 65.0 Å². The third-order valence-corrected chi connectivity index (χ3v) is 13.0. The van der Waals surface area contributed by atoms with Crippen LogP contribution < -0.4 is 0 Å². The van der Waals surface area contributed by atoms with E-state index in [2.05, 4.69) is 12.1 Å². The zero-order chi connectivity index (χ0) is 34.7. The molecule has 2 saturated heterocycles. The van der Waals surface area contributed by atoms with Gasteiger partial charge in [0.25, 0.3) is 0 Å². The maximum Gasteiger partial charge on any atom is 0.327 e. The van der Waals surface area contributed by atoms with E-state index < -0.39 is 89.1 Å². The smallest absolute Gasteiger partial charge is 0.327 e. The topological polar surface area (TPSA) is 168 Å². The first-order chi connectivity index (χ1) is 22.9. The van der Waals surface area contributed by atoms with E-state index in [1.807, 2.05) is 0 Å². The molecule has 0 saturated carbocycles. The Morgan fingerprint density at radius 3 is 1.23 bits per heavy atom. The Balaban J connectivity index is 1.74. The highest BCUT2D eigenvalue weighted by atomic mass is 32.2. The van der Waals surface area contributed by atoms with Crippen molar-refractivity contribution >= 4 is 31.6 Å². The van der Waals surface area contributed by atoms with E-state index >= 15 is 0 Å². The summed E-state index contributed by atoms with van der Waals surface area (Å²) in [6.45, 7) is 3.10. The zero-order valence-electron chi connectivity index (χ0n) is 26.6. The molecule has 0 bridgehead atoms. The van der Waals surface area contributed by atoms with Crippen LogP contribution in [0.15, 0.2) is 84.9 Å². The highest BCUT2D eigenvalue weighted by Gasteiger charge is 2.62. The highest BCUT2D eigenvalue weighted by Crippen LogP contribution is 2.55. The van der Waals surface area contributed by atoms with Crippen molar-refractivity contribution in [2.75, 3.05) is 36.2 Å². The SMILES string of the molecule is CCOC(=O)C1(C#N)C(c2ccccc2)CS(=O)(=O)CC1c1cccc(C2CS(=O)(=O)CC(c3ccccc3)C2(C#N)C(=O)OCC)c1. The van der Waals surface area contributed by atoms with Gasteiger partial charge in [-0.25, -0.2) is 16.8 Å². The molecular weight excluding hydrogens is 653 g/mol. The lowest BCUT2D eigenvalue weighted by molar-refractivity contribution is -0.155. The molecule has 10 nitrogen and oxygen atoms in total. The van der Waals surface area contributed by atoms with Gasteiger partial charge in [0.05, 0.1) is 48.4 Å². The molecule has 0 spiro atoms. The quantitative estimate of drug-likeness (QED) is 0.309. The lowest BCUT2D eigenvalue weighted by Crippen LogP contribution is -2.52. The van der Waals surface area contributed by atoms with Gasteiger partial charge in [0.1, 0.15) is 0 Å². The van der Waals surface area contributed by atoms with Crippen LogP contribution >= 0.6 is 0 Å². The summed E-state index contributed by atoms with van der Waals surface area (Å²) < 4.78 is 65.1. The highest BCUT2D eigenvalue weighted by molar-refractivity contribution is 7.91. The summed E-state index contributed by atoms with van der Waals surface area (Å²) in [5.41, 5.74) is -2.46. The van der Waals surface area contributed by atoms with E-state index in [1.54, 1.807) is 92.7 Å². The third-order valence-electron chi connectivity index (χ3n) is 9.60. The molecule has 6 atom stereocenters. The van der Waals surface area contributed by atoms with Crippen LogP contribution in [0, 0.1) is 33.5 Å². The van der Waals surface area contributed by atoms with Crippen LogP contribution in [0.5, 0.6) is 0 Å². The van der Waals surface area contributed by atoms with Crippen LogP contribution in [0.2, 0.25) is 0 Å². The number of esters is 2. The number of nitrogens with zero attached hydrogens (tertiary/aromatic N) is 2. The van der Waals surface area contributed by atoms with Crippen LogP contribution in [0.1, 0.15) is 59.8 Å². The summed E-state index contributed by atoms with van der Waals surface area (Å²) in [5, 5.41) is 21.7. The van der Waals surface area contributed by atoms with E-state index in [-0.39, 0.29) is 24.3 Å². The van der Waals surface area contributed by atoms with Gasteiger partial charge in [-0.1, -0.05) is 84.9 Å². The van der Waals surface area contributed by atoms with E-state index in [4.69, 9.17) is 9.47 Å². The molecule has 2 aliphatic heterocycles. The molecule has 2 aliphatic rings. The second kappa shape index (κ2) is 13.5. The first-order valence-electron chi connectivity index (χ1n) is 15.7. The van der Waals surface area contributed by atoms with Crippen molar-refractivity contribution in [3.05, 3.63) is 107 Å². The fourth-order valence-corrected chi connectivity index (χ4v) is 11.6. The first-order valence-corrected chi connectivity index (χ1v) is 19.3. The van der Waals surface area contributed by atoms with Gasteiger partial charge in [-0.15, -0.1) is 0 Å². The monoisotopic (exact) mass is 688 g/mol. The van der Waals surface area contributed by atoms with Crippen molar-refractivity contribution in [2.45, 2.75) is 37.5 Å². The van der Waals surface area contributed by atoms with E-state index in [1.165, 1.54) is 6.07 Å². The number of ether oxygens (including phenoxy) is 2. The van der Waals surface area contributed by atoms with Gasteiger partial charge in [0, 0.05) is 23.7 Å². The maximum atomic E-state index is 13.9. The van der Waals surface area contributed by atoms with Crippen molar-refractivity contribution in [1.29, 1.82) is 10.5 Å². The predicted molar refractivity (Wildman–Crippen MR) is 177 cm³/mol. The Morgan fingerprint density at radius 2 is 0.917 bits per heavy atom. The summed E-state index contributed by atoms with van der Waals surface area (Å²) >= 11 is 0. The standard InChI is InChI=1S/C36H36N2O8S2/c1-3-45-33(39)35(23-37)29(25-12-7-5-8-13-25)19-47(41,42)21-31(35)27-16-11-17-28(18-27)32-22-48(43,44)20-30(26-14-9-6-10-15-26)36(32,24-38)34(40)46-4-2/h5-18,29-32H,3-4,19-22H2,1-2H3. The van der Waals surface area contributed by atoms with Crippen LogP contribution in [-0.2, 0) is 38.7 Å². The van der Waals surface area contributed by atoms with Gasteiger partial charge >= 0.3 is 11.9 Å².